The highest BCUT2D eigenvalue weighted by Crippen LogP contribution is 2.09. The second-order valence-corrected chi connectivity index (χ2v) is 3.52. The first-order valence-corrected chi connectivity index (χ1v) is 5.04. The number of methoxy groups -OCH3 is 1. The van der Waals surface area contributed by atoms with E-state index in [1.165, 1.54) is 0 Å². The Morgan fingerprint density at radius 3 is 2.73 bits per heavy atom. The Morgan fingerprint density at radius 1 is 1.47 bits per heavy atom. The van der Waals surface area contributed by atoms with Gasteiger partial charge in [-0.3, -0.25) is 4.98 Å². The molecule has 0 aromatic carbocycles. The number of nitrogens with zero attached hydrogens (tertiary/aromatic N) is 1. The minimum Gasteiger partial charge on any atom is -0.389 e. The monoisotopic (exact) mass is 210 g/mol. The van der Waals surface area contributed by atoms with Crippen molar-refractivity contribution in [1.82, 2.24) is 10.3 Å². The summed E-state index contributed by atoms with van der Waals surface area (Å²) in [4.78, 5) is 3.96. The standard InChI is InChI=1S/C11H18N2O2/c1-9(10-3-5-12-6-4-10)13-7-11(14)8-15-2/h3-6,9,11,13-14H,7-8H2,1-2H3/t9-,11?/m0/s1. The number of pyridine rings is 1. The Hall–Kier alpha value is -0.970. The van der Waals surface area contributed by atoms with Crippen LogP contribution in [0.2, 0.25) is 0 Å². The largest absolute Gasteiger partial charge is 0.389 e. The SMILES string of the molecule is COCC(O)CN[C@@H](C)c1ccncc1. The maximum atomic E-state index is 9.45. The van der Waals surface area contributed by atoms with Crippen molar-refractivity contribution in [1.29, 1.82) is 0 Å². The number of aliphatic hydroxyl groups is 1. The van der Waals surface area contributed by atoms with Gasteiger partial charge in [-0.25, -0.2) is 0 Å². The molecular formula is C11H18N2O2. The van der Waals surface area contributed by atoms with Gasteiger partial charge in [-0.05, 0) is 24.6 Å². The van der Waals surface area contributed by atoms with Gasteiger partial charge in [-0.15, -0.1) is 0 Å². The van der Waals surface area contributed by atoms with E-state index in [-0.39, 0.29) is 6.04 Å². The Balaban J connectivity index is 2.33. The Kier molecular flexibility index (Phi) is 5.25. The number of aliphatic hydroxyl groups excluding tert-OH is 1. The molecule has 0 saturated heterocycles. The van der Waals surface area contributed by atoms with Gasteiger partial charge in [-0.1, -0.05) is 0 Å². The lowest BCUT2D eigenvalue weighted by atomic mass is 10.1. The van der Waals surface area contributed by atoms with E-state index in [4.69, 9.17) is 4.74 Å². The van der Waals surface area contributed by atoms with Crippen LogP contribution in [0.1, 0.15) is 18.5 Å². The molecule has 0 amide bonds. The lowest BCUT2D eigenvalue weighted by Crippen LogP contribution is -2.31. The van der Waals surface area contributed by atoms with E-state index in [9.17, 15) is 5.11 Å². The average molecular weight is 210 g/mol. The van der Waals surface area contributed by atoms with Crippen molar-refractivity contribution in [3.63, 3.8) is 0 Å². The third-order valence-electron chi connectivity index (χ3n) is 2.22. The zero-order chi connectivity index (χ0) is 11.1. The van der Waals surface area contributed by atoms with Gasteiger partial charge in [0.2, 0.25) is 0 Å². The van der Waals surface area contributed by atoms with Gasteiger partial charge in [0.25, 0.3) is 0 Å². The minimum atomic E-state index is -0.459. The molecule has 0 aliphatic rings. The molecule has 0 saturated carbocycles. The van der Waals surface area contributed by atoms with Gasteiger partial charge in [-0.2, -0.15) is 0 Å². The van der Waals surface area contributed by atoms with Crippen LogP contribution < -0.4 is 5.32 Å². The van der Waals surface area contributed by atoms with E-state index in [0.29, 0.717) is 13.2 Å². The summed E-state index contributed by atoms with van der Waals surface area (Å²) in [7, 11) is 1.58. The number of hydrogen-bond donors (Lipinski definition) is 2. The smallest absolute Gasteiger partial charge is 0.0897 e. The summed E-state index contributed by atoms with van der Waals surface area (Å²) >= 11 is 0. The molecule has 15 heavy (non-hydrogen) atoms. The van der Waals surface area contributed by atoms with Gasteiger partial charge in [0.15, 0.2) is 0 Å². The first-order chi connectivity index (χ1) is 7.24. The summed E-state index contributed by atoms with van der Waals surface area (Å²) in [6.45, 7) is 2.93. The molecule has 0 radical (unpaired) electrons. The molecule has 1 aromatic heterocycles. The summed E-state index contributed by atoms with van der Waals surface area (Å²) in [6.07, 6.45) is 3.07. The molecule has 0 spiro atoms. The molecule has 2 atom stereocenters. The van der Waals surface area contributed by atoms with E-state index in [1.807, 2.05) is 12.1 Å². The van der Waals surface area contributed by atoms with Crippen LogP contribution in [0.25, 0.3) is 0 Å². The summed E-state index contributed by atoms with van der Waals surface area (Å²) in [6, 6.07) is 4.13. The number of rotatable bonds is 6. The highest BCUT2D eigenvalue weighted by atomic mass is 16.5. The molecule has 0 bridgehead atoms. The molecule has 1 aromatic rings. The lowest BCUT2D eigenvalue weighted by Gasteiger charge is -2.16. The van der Waals surface area contributed by atoms with Crippen LogP contribution in [0, 0.1) is 0 Å². The second kappa shape index (κ2) is 6.50. The third-order valence-corrected chi connectivity index (χ3v) is 2.22. The van der Waals surface area contributed by atoms with Crippen LogP contribution in [-0.4, -0.2) is 36.5 Å². The molecule has 0 fully saturated rings. The topological polar surface area (TPSA) is 54.4 Å². The number of nitrogens with one attached hydrogen (secondary N) is 1. The zero-order valence-electron chi connectivity index (χ0n) is 9.18. The van der Waals surface area contributed by atoms with E-state index >= 15 is 0 Å². The van der Waals surface area contributed by atoms with Crippen LogP contribution >= 0.6 is 0 Å². The molecular weight excluding hydrogens is 192 g/mol. The quantitative estimate of drug-likeness (QED) is 0.727. The maximum Gasteiger partial charge on any atom is 0.0897 e. The van der Waals surface area contributed by atoms with Crippen molar-refractivity contribution in [3.8, 4) is 0 Å². The molecule has 84 valence electrons. The number of aromatic nitrogens is 1. The third kappa shape index (κ3) is 4.38. The van der Waals surface area contributed by atoms with E-state index in [0.717, 1.165) is 5.56 Å². The van der Waals surface area contributed by atoms with Crippen molar-refractivity contribution in [3.05, 3.63) is 30.1 Å². The van der Waals surface area contributed by atoms with Gasteiger partial charge in [0, 0.05) is 32.1 Å². The van der Waals surface area contributed by atoms with Gasteiger partial charge in [0.05, 0.1) is 12.7 Å². The molecule has 4 heteroatoms. The average Bonchev–Trinajstić information content (AvgIpc) is 2.27. The lowest BCUT2D eigenvalue weighted by molar-refractivity contribution is 0.0630. The molecule has 1 heterocycles. The fourth-order valence-electron chi connectivity index (χ4n) is 1.33. The van der Waals surface area contributed by atoms with Crippen LogP contribution in [0.3, 0.4) is 0 Å². The van der Waals surface area contributed by atoms with Crippen LogP contribution in [0.4, 0.5) is 0 Å². The summed E-state index contributed by atoms with van der Waals surface area (Å²) < 4.78 is 4.84. The van der Waals surface area contributed by atoms with Gasteiger partial charge in [0.1, 0.15) is 0 Å². The Bertz CT molecular complexity index is 267. The molecule has 0 aliphatic heterocycles. The predicted octanol–water partition coefficient (Wildman–Crippen LogP) is 0.739. The van der Waals surface area contributed by atoms with Crippen LogP contribution in [-0.2, 0) is 4.74 Å². The first kappa shape index (κ1) is 12.1. The van der Waals surface area contributed by atoms with Crippen molar-refractivity contribution < 1.29 is 9.84 Å². The second-order valence-electron chi connectivity index (χ2n) is 3.52. The normalized spacial score (nSPS) is 14.9. The van der Waals surface area contributed by atoms with Crippen molar-refractivity contribution in [2.45, 2.75) is 19.1 Å². The fraction of sp³-hybridized carbons (Fsp3) is 0.545. The number of hydrogen-bond acceptors (Lipinski definition) is 4. The Labute approximate surface area is 90.3 Å². The van der Waals surface area contributed by atoms with Crippen molar-refractivity contribution in [2.75, 3.05) is 20.3 Å². The fourth-order valence-corrected chi connectivity index (χ4v) is 1.33. The maximum absolute atomic E-state index is 9.45. The Morgan fingerprint density at radius 2 is 2.13 bits per heavy atom. The molecule has 2 N–H and O–H groups in total. The molecule has 4 nitrogen and oxygen atoms in total. The highest BCUT2D eigenvalue weighted by Gasteiger charge is 2.07. The molecule has 1 unspecified atom stereocenters. The van der Waals surface area contributed by atoms with Gasteiger partial charge >= 0.3 is 0 Å². The molecule has 0 aliphatic carbocycles. The van der Waals surface area contributed by atoms with Crippen molar-refractivity contribution >= 4 is 0 Å². The summed E-state index contributed by atoms with van der Waals surface area (Å²) in [5, 5.41) is 12.7. The van der Waals surface area contributed by atoms with Gasteiger partial charge < -0.3 is 15.2 Å². The highest BCUT2D eigenvalue weighted by molar-refractivity contribution is 5.13. The van der Waals surface area contributed by atoms with Crippen LogP contribution in [0.5, 0.6) is 0 Å². The van der Waals surface area contributed by atoms with Crippen molar-refractivity contribution in [2.24, 2.45) is 0 Å². The predicted molar refractivity (Wildman–Crippen MR) is 58.5 cm³/mol. The zero-order valence-corrected chi connectivity index (χ0v) is 9.18. The van der Waals surface area contributed by atoms with Crippen LogP contribution in [0.15, 0.2) is 24.5 Å². The van der Waals surface area contributed by atoms with E-state index < -0.39 is 6.10 Å². The number of ether oxygens (including phenoxy) is 1. The first-order valence-electron chi connectivity index (χ1n) is 5.04. The summed E-state index contributed by atoms with van der Waals surface area (Å²) in [5.41, 5.74) is 1.16. The molecule has 1 rings (SSSR count). The van der Waals surface area contributed by atoms with E-state index in [2.05, 4.69) is 17.2 Å². The van der Waals surface area contributed by atoms with E-state index in [1.54, 1.807) is 19.5 Å². The minimum absolute atomic E-state index is 0.208. The summed E-state index contributed by atoms with van der Waals surface area (Å²) in [5.74, 6) is 0.